The predicted molar refractivity (Wildman–Crippen MR) is 88.4 cm³/mol. The summed E-state index contributed by atoms with van der Waals surface area (Å²) in [6.45, 7) is 0. The molecular weight excluding hydrogens is 421 g/mol. The van der Waals surface area contributed by atoms with Crippen LogP contribution in [0.1, 0.15) is 0 Å². The molecule has 0 bridgehead atoms. The minimum Gasteiger partial charge on any atom is -0.218 e. The van der Waals surface area contributed by atoms with E-state index in [1.54, 1.807) is 0 Å². The molecule has 0 unspecified atom stereocenters. The lowest BCUT2D eigenvalue weighted by atomic mass is 10.3. The molecule has 112 valence electrons. The van der Waals surface area contributed by atoms with Gasteiger partial charge in [-0.05, 0) is 24.3 Å². The van der Waals surface area contributed by atoms with Crippen molar-refractivity contribution in [3.8, 4) is 0 Å². The van der Waals surface area contributed by atoms with Crippen molar-refractivity contribution in [3.05, 3.63) is 54.4 Å². The van der Waals surface area contributed by atoms with Crippen molar-refractivity contribution in [2.45, 2.75) is 9.79 Å². The van der Waals surface area contributed by atoms with Crippen LogP contribution >= 0.6 is 69.6 Å². The molecule has 2 rings (SSSR count). The van der Waals surface area contributed by atoms with Crippen molar-refractivity contribution in [1.82, 2.24) is 0 Å². The van der Waals surface area contributed by atoms with E-state index in [-0.39, 0.29) is 39.9 Å². The zero-order valence-electron chi connectivity index (χ0n) is 9.80. The molecule has 2 nitrogen and oxygen atoms in total. The molecular formula is C12H4Cl6O2S. The van der Waals surface area contributed by atoms with Gasteiger partial charge in [0.25, 0.3) is 0 Å². The summed E-state index contributed by atoms with van der Waals surface area (Å²) in [6, 6.07) is 5.14. The average molecular weight is 425 g/mol. The molecule has 0 radical (unpaired) electrons. The second kappa shape index (κ2) is 6.32. The van der Waals surface area contributed by atoms with Gasteiger partial charge < -0.3 is 0 Å². The second-order valence-electron chi connectivity index (χ2n) is 3.85. The van der Waals surface area contributed by atoms with Gasteiger partial charge in [-0.3, -0.25) is 0 Å². The normalized spacial score (nSPS) is 11.7. The monoisotopic (exact) mass is 422 g/mol. The summed E-state index contributed by atoms with van der Waals surface area (Å²) in [5.41, 5.74) is 0. The first kappa shape index (κ1) is 17.5. The van der Waals surface area contributed by atoms with Crippen molar-refractivity contribution < 1.29 is 8.42 Å². The number of sulfone groups is 1. The zero-order chi connectivity index (χ0) is 15.9. The molecule has 0 aromatic heterocycles. The summed E-state index contributed by atoms with van der Waals surface area (Å²) in [5.74, 6) is 0. The van der Waals surface area contributed by atoms with Gasteiger partial charge in [0.1, 0.15) is 0 Å². The van der Waals surface area contributed by atoms with Crippen LogP contribution in [-0.2, 0) is 9.84 Å². The standard InChI is InChI=1S/C12H4Cl6O2S/c13-5-1-3-7(11(17)9(5)15)21(19,20)8-4-2-6(14)10(16)12(8)18/h1-4H. The van der Waals surface area contributed by atoms with E-state index in [9.17, 15) is 8.42 Å². The lowest BCUT2D eigenvalue weighted by Crippen LogP contribution is -2.04. The van der Waals surface area contributed by atoms with Gasteiger partial charge >= 0.3 is 0 Å². The summed E-state index contributed by atoms with van der Waals surface area (Å²) in [7, 11) is -4.03. The molecule has 9 heteroatoms. The van der Waals surface area contributed by atoms with Gasteiger partial charge in [0, 0.05) is 0 Å². The molecule has 0 aliphatic carbocycles. The third kappa shape index (κ3) is 3.11. The molecule has 0 saturated heterocycles. The summed E-state index contributed by atoms with van der Waals surface area (Å²) in [6.07, 6.45) is 0. The Kier molecular flexibility index (Phi) is 5.27. The van der Waals surface area contributed by atoms with Crippen LogP contribution in [0.5, 0.6) is 0 Å². The van der Waals surface area contributed by atoms with Crippen molar-refractivity contribution in [2.24, 2.45) is 0 Å². The van der Waals surface area contributed by atoms with Crippen LogP contribution in [-0.4, -0.2) is 8.42 Å². The fourth-order valence-electron chi connectivity index (χ4n) is 1.55. The molecule has 0 atom stereocenters. The molecule has 2 aromatic rings. The Morgan fingerprint density at radius 2 is 0.905 bits per heavy atom. The van der Waals surface area contributed by atoms with Gasteiger partial charge in [0.05, 0.1) is 39.9 Å². The molecule has 2 aromatic carbocycles. The molecule has 0 aliphatic rings. The Hall–Kier alpha value is 0.130. The van der Waals surface area contributed by atoms with Crippen LogP contribution in [0.3, 0.4) is 0 Å². The highest BCUT2D eigenvalue weighted by Crippen LogP contribution is 2.41. The third-order valence-electron chi connectivity index (χ3n) is 2.58. The zero-order valence-corrected chi connectivity index (χ0v) is 15.2. The van der Waals surface area contributed by atoms with Crippen molar-refractivity contribution >= 4 is 79.4 Å². The van der Waals surface area contributed by atoms with E-state index >= 15 is 0 Å². The molecule has 21 heavy (non-hydrogen) atoms. The van der Waals surface area contributed by atoms with Crippen LogP contribution < -0.4 is 0 Å². The first-order valence-corrected chi connectivity index (χ1v) is 8.95. The van der Waals surface area contributed by atoms with E-state index < -0.39 is 9.84 Å². The summed E-state index contributed by atoms with van der Waals surface area (Å²) < 4.78 is 25.3. The van der Waals surface area contributed by atoms with E-state index in [0.717, 1.165) is 0 Å². The Morgan fingerprint density at radius 1 is 0.571 bits per heavy atom. The maximum atomic E-state index is 12.6. The van der Waals surface area contributed by atoms with Crippen LogP contribution in [0.25, 0.3) is 0 Å². The summed E-state index contributed by atoms with van der Waals surface area (Å²) >= 11 is 35.2. The first-order chi connectivity index (χ1) is 9.67. The Morgan fingerprint density at radius 3 is 1.24 bits per heavy atom. The Labute approximate surface area is 151 Å². The number of benzene rings is 2. The molecule has 0 fully saturated rings. The van der Waals surface area contributed by atoms with Gasteiger partial charge in [0.2, 0.25) is 9.84 Å². The molecule has 0 amide bonds. The SMILES string of the molecule is O=S(=O)(c1ccc(Cl)c(Cl)c1Cl)c1ccc(Cl)c(Cl)c1Cl. The highest BCUT2D eigenvalue weighted by molar-refractivity contribution is 7.91. The van der Waals surface area contributed by atoms with Gasteiger partial charge in [-0.15, -0.1) is 0 Å². The van der Waals surface area contributed by atoms with Crippen molar-refractivity contribution in [1.29, 1.82) is 0 Å². The Bertz CT molecular complexity index is 769. The quantitative estimate of drug-likeness (QED) is 0.520. The predicted octanol–water partition coefficient (Wildman–Crippen LogP) is 6.44. The van der Waals surface area contributed by atoms with E-state index in [0.29, 0.717) is 0 Å². The number of halogens is 6. The summed E-state index contributed by atoms with van der Waals surface area (Å²) in [5, 5.41) is -0.217. The van der Waals surface area contributed by atoms with Crippen molar-refractivity contribution in [2.75, 3.05) is 0 Å². The van der Waals surface area contributed by atoms with E-state index in [1.807, 2.05) is 0 Å². The largest absolute Gasteiger partial charge is 0.218 e. The highest BCUT2D eigenvalue weighted by atomic mass is 35.5. The van der Waals surface area contributed by atoms with Gasteiger partial charge in [-0.1, -0.05) is 69.6 Å². The fraction of sp³-hybridized carbons (Fsp3) is 0. The van der Waals surface area contributed by atoms with Gasteiger partial charge in [-0.2, -0.15) is 0 Å². The van der Waals surface area contributed by atoms with Gasteiger partial charge in [0.15, 0.2) is 0 Å². The maximum absolute atomic E-state index is 12.6. The Balaban J connectivity index is 2.75. The number of hydrogen-bond donors (Lipinski definition) is 0. The van der Waals surface area contributed by atoms with Crippen LogP contribution in [0.2, 0.25) is 30.1 Å². The lowest BCUT2D eigenvalue weighted by Gasteiger charge is -2.11. The smallest absolute Gasteiger partial charge is 0.209 e. The van der Waals surface area contributed by atoms with Gasteiger partial charge in [-0.25, -0.2) is 8.42 Å². The van der Waals surface area contributed by atoms with Crippen LogP contribution in [0, 0.1) is 0 Å². The molecule has 0 spiro atoms. The molecule has 0 N–H and O–H groups in total. The molecule has 0 heterocycles. The number of rotatable bonds is 2. The lowest BCUT2D eigenvalue weighted by molar-refractivity contribution is 0.596. The fourth-order valence-corrected chi connectivity index (χ4v) is 4.75. The molecule has 0 aliphatic heterocycles. The average Bonchev–Trinajstić information content (AvgIpc) is 2.41. The minimum absolute atomic E-state index is 0.0596. The first-order valence-electron chi connectivity index (χ1n) is 5.20. The van der Waals surface area contributed by atoms with Crippen LogP contribution in [0.4, 0.5) is 0 Å². The molecule has 0 saturated carbocycles. The third-order valence-corrected chi connectivity index (χ3v) is 7.23. The maximum Gasteiger partial charge on any atom is 0.209 e. The van der Waals surface area contributed by atoms with E-state index in [2.05, 4.69) is 0 Å². The second-order valence-corrected chi connectivity index (χ2v) is 8.06. The number of hydrogen-bond acceptors (Lipinski definition) is 2. The highest BCUT2D eigenvalue weighted by Gasteiger charge is 2.27. The summed E-state index contributed by atoms with van der Waals surface area (Å²) in [4.78, 5) is -0.447. The minimum atomic E-state index is -4.03. The van der Waals surface area contributed by atoms with Crippen LogP contribution in [0.15, 0.2) is 34.1 Å². The van der Waals surface area contributed by atoms with E-state index in [4.69, 9.17) is 69.6 Å². The topological polar surface area (TPSA) is 34.1 Å². The van der Waals surface area contributed by atoms with Crippen molar-refractivity contribution in [3.63, 3.8) is 0 Å². The van der Waals surface area contributed by atoms with E-state index in [1.165, 1.54) is 24.3 Å².